The summed E-state index contributed by atoms with van der Waals surface area (Å²) in [4.78, 5) is 19.2. The van der Waals surface area contributed by atoms with Gasteiger partial charge in [0, 0.05) is 37.7 Å². The molecule has 39 heavy (non-hydrogen) atoms. The first kappa shape index (κ1) is 35.8. The van der Waals surface area contributed by atoms with Crippen molar-refractivity contribution in [2.75, 3.05) is 30.9 Å². The molecular formula is C22H33FN4O10S2. The highest BCUT2D eigenvalue weighted by Crippen LogP contribution is 2.28. The number of hydrogen-bond donors (Lipinski definition) is 4. The van der Waals surface area contributed by atoms with Gasteiger partial charge < -0.3 is 21.3 Å². The Morgan fingerprint density at radius 1 is 0.846 bits per heavy atom. The maximum absolute atomic E-state index is 12.8. The van der Waals surface area contributed by atoms with Crippen molar-refractivity contribution in [1.29, 1.82) is 0 Å². The Labute approximate surface area is 225 Å². The van der Waals surface area contributed by atoms with E-state index in [9.17, 15) is 46.6 Å². The first-order valence-electron chi connectivity index (χ1n) is 10.9. The number of aliphatic hydroxyl groups is 2. The summed E-state index contributed by atoms with van der Waals surface area (Å²) in [6.45, 7) is 6.88. The number of nitro benzene ring substituents is 2. The summed E-state index contributed by atoms with van der Waals surface area (Å²) >= 11 is 0. The van der Waals surface area contributed by atoms with Crippen molar-refractivity contribution >= 4 is 36.7 Å². The number of benzene rings is 2. The van der Waals surface area contributed by atoms with Crippen molar-refractivity contribution < 1.29 is 41.3 Å². The molecule has 0 bridgehead atoms. The minimum Gasteiger partial charge on any atom is -0.389 e. The molecule has 2 rings (SSSR count). The van der Waals surface area contributed by atoms with E-state index in [1.165, 1.54) is 12.1 Å². The van der Waals surface area contributed by atoms with Gasteiger partial charge in [0.2, 0.25) is 5.82 Å². The van der Waals surface area contributed by atoms with Gasteiger partial charge in [0.1, 0.15) is 5.69 Å². The van der Waals surface area contributed by atoms with Gasteiger partial charge in [-0.05, 0) is 52.0 Å². The van der Waals surface area contributed by atoms with Crippen LogP contribution in [0.3, 0.4) is 0 Å². The van der Waals surface area contributed by atoms with Gasteiger partial charge in [-0.1, -0.05) is 0 Å². The van der Waals surface area contributed by atoms with E-state index in [1.807, 2.05) is 0 Å². The van der Waals surface area contributed by atoms with Gasteiger partial charge in [-0.3, -0.25) is 20.2 Å². The Hall–Kier alpha value is -3.25. The van der Waals surface area contributed by atoms with Crippen LogP contribution in [0.25, 0.3) is 0 Å². The number of hydrogen-bond acceptors (Lipinski definition) is 12. The zero-order chi connectivity index (χ0) is 31.0. The van der Waals surface area contributed by atoms with Crippen LogP contribution in [0.15, 0.2) is 46.2 Å². The van der Waals surface area contributed by atoms with Crippen molar-refractivity contribution in [1.82, 2.24) is 0 Å². The van der Waals surface area contributed by atoms with Crippen LogP contribution in [-0.4, -0.2) is 73.7 Å². The lowest BCUT2D eigenvalue weighted by Gasteiger charge is -2.18. The van der Waals surface area contributed by atoms with Crippen LogP contribution in [0, 0.1) is 26.0 Å². The molecule has 14 nitrogen and oxygen atoms in total. The molecule has 0 atom stereocenters. The van der Waals surface area contributed by atoms with Gasteiger partial charge in [0.05, 0.1) is 30.8 Å². The van der Waals surface area contributed by atoms with Gasteiger partial charge in [0.25, 0.3) is 5.69 Å². The summed E-state index contributed by atoms with van der Waals surface area (Å²) < 4.78 is 57.4. The third kappa shape index (κ3) is 13.9. The van der Waals surface area contributed by atoms with E-state index in [1.54, 1.807) is 27.7 Å². The van der Waals surface area contributed by atoms with Crippen LogP contribution < -0.4 is 11.1 Å². The Morgan fingerprint density at radius 3 is 1.56 bits per heavy atom. The minimum absolute atomic E-state index is 0.103. The molecule has 0 spiro atoms. The van der Waals surface area contributed by atoms with Crippen molar-refractivity contribution in [3.05, 3.63) is 62.4 Å². The van der Waals surface area contributed by atoms with Crippen molar-refractivity contribution in [3.63, 3.8) is 0 Å². The number of nitrogens with two attached hydrogens (primary N) is 1. The number of nitrogens with one attached hydrogen (secondary N) is 1. The second-order valence-electron chi connectivity index (χ2n) is 9.53. The van der Waals surface area contributed by atoms with Crippen molar-refractivity contribution in [2.24, 2.45) is 5.73 Å². The summed E-state index contributed by atoms with van der Waals surface area (Å²) in [6.07, 6.45) is 1.87. The highest BCUT2D eigenvalue weighted by atomic mass is 32.2. The lowest BCUT2D eigenvalue weighted by molar-refractivity contribution is -0.387. The predicted octanol–water partition coefficient (Wildman–Crippen LogP) is 2.03. The summed E-state index contributed by atoms with van der Waals surface area (Å²) in [5.41, 5.74) is 2.32. The van der Waals surface area contributed by atoms with Gasteiger partial charge in [-0.15, -0.1) is 0 Å². The fourth-order valence-electron chi connectivity index (χ4n) is 2.22. The number of anilines is 1. The first-order valence-corrected chi connectivity index (χ1v) is 14.7. The van der Waals surface area contributed by atoms with E-state index in [-0.39, 0.29) is 27.7 Å². The van der Waals surface area contributed by atoms with Crippen LogP contribution in [0.2, 0.25) is 0 Å². The second-order valence-corrected chi connectivity index (χ2v) is 13.6. The molecule has 0 saturated heterocycles. The SMILES string of the molecule is CC(C)(O)CN.CC(C)(O)CNc1ccc(S(C)(=O)=O)cc1[N+](=O)[O-].CS(=O)(=O)c1ccc(F)c([N+](=O)[O-])c1. The molecule has 0 amide bonds. The van der Waals surface area contributed by atoms with E-state index in [0.29, 0.717) is 12.6 Å². The molecule has 0 radical (unpaired) electrons. The first-order chi connectivity index (χ1) is 17.4. The zero-order valence-corrected chi connectivity index (χ0v) is 23.8. The molecule has 0 aliphatic heterocycles. The molecule has 220 valence electrons. The largest absolute Gasteiger partial charge is 0.389 e. The lowest BCUT2D eigenvalue weighted by atomic mass is 10.1. The zero-order valence-electron chi connectivity index (χ0n) is 22.2. The van der Waals surface area contributed by atoms with Gasteiger partial charge in [0.15, 0.2) is 19.7 Å². The van der Waals surface area contributed by atoms with Crippen molar-refractivity contribution in [3.8, 4) is 0 Å². The van der Waals surface area contributed by atoms with E-state index >= 15 is 0 Å². The smallest absolute Gasteiger partial charge is 0.306 e. The van der Waals surface area contributed by atoms with Crippen LogP contribution in [0.1, 0.15) is 27.7 Å². The van der Waals surface area contributed by atoms with Gasteiger partial charge in [-0.2, -0.15) is 4.39 Å². The lowest BCUT2D eigenvalue weighted by Crippen LogP contribution is -2.29. The monoisotopic (exact) mass is 596 g/mol. The predicted molar refractivity (Wildman–Crippen MR) is 143 cm³/mol. The molecule has 17 heteroatoms. The normalized spacial score (nSPS) is 11.8. The van der Waals surface area contributed by atoms with Crippen LogP contribution >= 0.6 is 0 Å². The molecule has 2 aromatic carbocycles. The molecule has 0 aromatic heterocycles. The summed E-state index contributed by atoms with van der Waals surface area (Å²) in [6, 6.07) is 6.05. The van der Waals surface area contributed by atoms with Crippen LogP contribution in [-0.2, 0) is 19.7 Å². The standard InChI is InChI=1S/C11H16N2O5S.C7H6FNO4S.C4H11NO/c1-11(2,14)7-12-9-5-4-8(19(3,17)18)6-10(9)13(15)16;1-14(12,13)5-2-3-6(8)7(4-5)9(10)11;1-4(2,6)3-5/h4-6,12,14H,7H2,1-3H3;2-4H,1H3;6H,3,5H2,1-2H3. The van der Waals surface area contributed by atoms with Crippen LogP contribution in [0.5, 0.6) is 0 Å². The molecule has 0 fully saturated rings. The highest BCUT2D eigenvalue weighted by molar-refractivity contribution is 7.91. The number of halogens is 1. The van der Waals surface area contributed by atoms with Gasteiger partial charge in [-0.25, -0.2) is 16.8 Å². The fraction of sp³-hybridized carbons (Fsp3) is 0.455. The third-order valence-electron chi connectivity index (χ3n) is 4.35. The number of sulfone groups is 2. The van der Waals surface area contributed by atoms with E-state index < -0.39 is 52.2 Å². The molecule has 0 unspecified atom stereocenters. The maximum atomic E-state index is 12.8. The molecule has 5 N–H and O–H groups in total. The minimum atomic E-state index is -3.55. The highest BCUT2D eigenvalue weighted by Gasteiger charge is 2.21. The molecular weight excluding hydrogens is 563 g/mol. The number of nitro groups is 2. The molecule has 0 aliphatic rings. The van der Waals surface area contributed by atoms with Crippen LogP contribution in [0.4, 0.5) is 21.5 Å². The summed E-state index contributed by atoms with van der Waals surface area (Å²) in [5.74, 6) is -1.05. The Balaban J connectivity index is 0.000000631. The van der Waals surface area contributed by atoms with E-state index in [4.69, 9.17) is 10.8 Å². The molecule has 0 heterocycles. The third-order valence-corrected chi connectivity index (χ3v) is 6.57. The van der Waals surface area contributed by atoms with Gasteiger partial charge >= 0.3 is 5.69 Å². The Morgan fingerprint density at radius 2 is 1.23 bits per heavy atom. The molecule has 0 aliphatic carbocycles. The Kier molecular flexibility index (Phi) is 12.6. The van der Waals surface area contributed by atoms with Crippen molar-refractivity contribution in [2.45, 2.75) is 48.7 Å². The fourth-order valence-corrected chi connectivity index (χ4v) is 3.50. The molecule has 0 saturated carbocycles. The quantitative estimate of drug-likeness (QED) is 0.195. The second kappa shape index (κ2) is 13.7. The van der Waals surface area contributed by atoms with E-state index in [0.717, 1.165) is 30.7 Å². The Bertz CT molecular complexity index is 1380. The topological polar surface area (TPSA) is 233 Å². The number of nitrogens with zero attached hydrogens (tertiary/aromatic N) is 2. The maximum Gasteiger partial charge on any atom is 0.306 e. The summed E-state index contributed by atoms with van der Waals surface area (Å²) in [7, 11) is -7.05. The molecule has 2 aromatic rings. The average molecular weight is 597 g/mol. The number of rotatable bonds is 8. The summed E-state index contributed by atoms with van der Waals surface area (Å²) in [5, 5.41) is 42.2. The van der Waals surface area contributed by atoms with E-state index in [2.05, 4.69) is 5.32 Å². The average Bonchev–Trinajstić information content (AvgIpc) is 2.76.